The van der Waals surface area contributed by atoms with Crippen LogP contribution in [-0.2, 0) is 0 Å². The average Bonchev–Trinajstić information content (AvgIpc) is 2.84. The van der Waals surface area contributed by atoms with E-state index in [9.17, 15) is 4.79 Å². The van der Waals surface area contributed by atoms with Gasteiger partial charge in [0.15, 0.2) is 0 Å². The van der Waals surface area contributed by atoms with Crippen molar-refractivity contribution in [2.75, 3.05) is 13.1 Å². The summed E-state index contributed by atoms with van der Waals surface area (Å²) in [5.74, 6) is 0. The lowest BCUT2D eigenvalue weighted by Gasteiger charge is -2.37. The number of aryl methyl sites for hydroxylation is 1. The van der Waals surface area contributed by atoms with Gasteiger partial charge in [-0.3, -0.25) is 14.3 Å². The number of rotatable bonds is 3. The Kier molecular flexibility index (Phi) is 7.06. The van der Waals surface area contributed by atoms with E-state index in [4.69, 9.17) is 28.2 Å². The average molecular weight is 550 g/mol. The van der Waals surface area contributed by atoms with Gasteiger partial charge in [-0.25, -0.2) is 4.98 Å². The number of hydrogen-bond donors (Lipinski definition) is 0. The smallest absolute Gasteiger partial charge is 0.255 e. The van der Waals surface area contributed by atoms with E-state index in [-0.39, 0.29) is 11.1 Å². The predicted octanol–water partition coefficient (Wildman–Crippen LogP) is 7.06. The molecule has 0 N–H and O–H groups in total. The molecule has 2 aromatic heterocycles. The van der Waals surface area contributed by atoms with Crippen molar-refractivity contribution in [2.24, 2.45) is 0 Å². The van der Waals surface area contributed by atoms with Crippen molar-refractivity contribution in [2.45, 2.75) is 39.7 Å². The van der Waals surface area contributed by atoms with Crippen molar-refractivity contribution < 1.29 is 0 Å². The maximum atomic E-state index is 13.4. The first kappa shape index (κ1) is 26.1. The molecule has 5 rings (SSSR count). The number of para-hydroxylation sites is 1. The van der Waals surface area contributed by atoms with Crippen LogP contribution in [0.15, 0.2) is 65.5 Å². The van der Waals surface area contributed by atoms with Crippen LogP contribution in [0.1, 0.15) is 38.4 Å². The first-order valence-electron chi connectivity index (χ1n) is 12.4. The van der Waals surface area contributed by atoms with Gasteiger partial charge in [-0.1, -0.05) is 53.5 Å². The Balaban J connectivity index is 1.82. The van der Waals surface area contributed by atoms with Crippen LogP contribution < -0.4 is 10.9 Å². The molecule has 1 aliphatic heterocycles. The van der Waals surface area contributed by atoms with Crippen LogP contribution in [-0.4, -0.2) is 33.1 Å². The van der Waals surface area contributed by atoms with E-state index in [1.807, 2.05) is 55.5 Å². The molecule has 0 amide bonds. The first-order valence-corrected chi connectivity index (χ1v) is 13.7. The van der Waals surface area contributed by atoms with E-state index < -0.39 is 0 Å². The minimum absolute atomic E-state index is 0.0967. The van der Waals surface area contributed by atoms with Gasteiger partial charge in [-0.2, -0.15) is 0 Å². The summed E-state index contributed by atoms with van der Waals surface area (Å²) in [4.78, 5) is 21.0. The van der Waals surface area contributed by atoms with Crippen molar-refractivity contribution in [1.82, 2.24) is 14.5 Å². The summed E-state index contributed by atoms with van der Waals surface area (Å²) in [6, 6.07) is 17.0. The van der Waals surface area contributed by atoms with Crippen LogP contribution in [0.25, 0.3) is 33.4 Å². The summed E-state index contributed by atoms with van der Waals surface area (Å²) in [6.07, 6.45) is 3.13. The highest BCUT2D eigenvalue weighted by Crippen LogP contribution is 2.36. The normalized spacial score (nSPS) is 14.7. The Hall–Kier alpha value is -2.49. The van der Waals surface area contributed by atoms with Gasteiger partial charge in [-0.15, -0.1) is 9.24 Å². The van der Waals surface area contributed by atoms with E-state index >= 15 is 0 Å². The molecule has 4 aromatic rings. The fraction of sp³-hybridized carbons (Fsp3) is 0.267. The lowest BCUT2D eigenvalue weighted by molar-refractivity contribution is 0.153. The van der Waals surface area contributed by atoms with Crippen molar-refractivity contribution in [3.63, 3.8) is 0 Å². The minimum atomic E-state index is -0.144. The summed E-state index contributed by atoms with van der Waals surface area (Å²) < 4.78 is 1.71. The molecule has 0 fully saturated rings. The molecule has 3 heterocycles. The number of benzene rings is 2. The Bertz CT molecular complexity index is 1600. The molecule has 4 nitrogen and oxygen atoms in total. The zero-order chi connectivity index (χ0) is 26.5. The zero-order valence-corrected chi connectivity index (χ0v) is 24.1. The van der Waals surface area contributed by atoms with E-state index in [2.05, 4.69) is 41.0 Å². The lowest BCUT2D eigenvalue weighted by atomic mass is 9.97. The summed E-state index contributed by atoms with van der Waals surface area (Å²) in [7, 11) is 2.68. The Morgan fingerprint density at radius 1 is 1.00 bits per heavy atom. The van der Waals surface area contributed by atoms with Gasteiger partial charge in [0.1, 0.15) is 0 Å². The molecule has 0 radical (unpaired) electrons. The van der Waals surface area contributed by atoms with Crippen LogP contribution in [0.5, 0.6) is 0 Å². The minimum Gasteiger partial charge on any atom is -0.294 e. The number of hydrogen-bond acceptors (Lipinski definition) is 3. The number of aromatic nitrogens is 2. The van der Waals surface area contributed by atoms with E-state index in [1.165, 1.54) is 5.57 Å². The lowest BCUT2D eigenvalue weighted by Crippen LogP contribution is -2.43. The van der Waals surface area contributed by atoms with Crippen LogP contribution in [0.2, 0.25) is 10.0 Å². The highest BCUT2D eigenvalue weighted by Gasteiger charge is 2.25. The van der Waals surface area contributed by atoms with Gasteiger partial charge in [0, 0.05) is 35.6 Å². The molecular weight excluding hydrogens is 520 g/mol. The number of pyridine rings is 2. The highest BCUT2D eigenvalue weighted by molar-refractivity contribution is 7.27. The quantitative estimate of drug-likeness (QED) is 0.257. The van der Waals surface area contributed by atoms with Crippen molar-refractivity contribution >= 4 is 54.2 Å². The zero-order valence-electron chi connectivity index (χ0n) is 21.5. The summed E-state index contributed by atoms with van der Waals surface area (Å²) >= 11 is 13.4. The summed E-state index contributed by atoms with van der Waals surface area (Å²) in [5, 5.41) is 2.98. The van der Waals surface area contributed by atoms with Gasteiger partial charge in [0.2, 0.25) is 0 Å². The fourth-order valence-corrected chi connectivity index (χ4v) is 5.93. The largest absolute Gasteiger partial charge is 0.294 e. The third-order valence-corrected chi connectivity index (χ3v) is 8.01. The molecule has 1 unspecified atom stereocenters. The second-order valence-corrected chi connectivity index (χ2v) is 12.0. The Morgan fingerprint density at radius 2 is 1.78 bits per heavy atom. The SMILES string of the molecule is Cc1cccc(Cl)c1-n1c(=O)ccc2c(-c3ccc(P)cc3Cl)nc(C3=CCN(C(C)(C)C)CC3)cc21. The molecule has 0 saturated carbocycles. The maximum absolute atomic E-state index is 13.4. The number of nitrogens with zero attached hydrogens (tertiary/aromatic N) is 3. The van der Waals surface area contributed by atoms with E-state index in [0.29, 0.717) is 15.7 Å². The van der Waals surface area contributed by atoms with Crippen LogP contribution in [0.3, 0.4) is 0 Å². The molecule has 0 saturated heterocycles. The Labute approximate surface area is 230 Å². The second kappa shape index (κ2) is 10.0. The maximum Gasteiger partial charge on any atom is 0.255 e. The van der Waals surface area contributed by atoms with Gasteiger partial charge in [0.05, 0.1) is 32.6 Å². The third kappa shape index (κ3) is 5.01. The Morgan fingerprint density at radius 3 is 2.43 bits per heavy atom. The molecule has 37 heavy (non-hydrogen) atoms. The van der Waals surface area contributed by atoms with Gasteiger partial charge in [-0.05, 0) is 74.8 Å². The van der Waals surface area contributed by atoms with Crippen LogP contribution in [0.4, 0.5) is 0 Å². The molecule has 0 bridgehead atoms. The molecule has 1 atom stereocenters. The van der Waals surface area contributed by atoms with Gasteiger partial charge in [0.25, 0.3) is 5.56 Å². The van der Waals surface area contributed by atoms with Crippen molar-refractivity contribution in [1.29, 1.82) is 0 Å². The molecule has 7 heteroatoms. The topological polar surface area (TPSA) is 38.1 Å². The first-order chi connectivity index (χ1) is 17.5. The van der Waals surface area contributed by atoms with Crippen LogP contribution >= 0.6 is 32.4 Å². The van der Waals surface area contributed by atoms with E-state index in [1.54, 1.807) is 10.6 Å². The van der Waals surface area contributed by atoms with Crippen LogP contribution in [0, 0.1) is 6.92 Å². The molecule has 0 aliphatic carbocycles. The molecule has 2 aromatic carbocycles. The molecule has 190 valence electrons. The standard InChI is InChI=1S/C30H30Cl2N3OP/c1-18-6-5-7-23(31)29(18)35-26-17-25(19-12-14-34(15-13-19)30(2,3)4)33-28(22(26)10-11-27(35)36)21-9-8-20(37)16-24(21)32/h5-12,16-17H,13-15,37H2,1-4H3. The summed E-state index contributed by atoms with van der Waals surface area (Å²) in [5.41, 5.74) is 5.92. The summed E-state index contributed by atoms with van der Waals surface area (Å²) in [6.45, 7) is 10.5. The third-order valence-electron chi connectivity index (χ3n) is 7.04. The van der Waals surface area contributed by atoms with E-state index in [0.717, 1.165) is 58.2 Å². The molecule has 0 spiro atoms. The van der Waals surface area contributed by atoms with Gasteiger partial charge < -0.3 is 0 Å². The van der Waals surface area contributed by atoms with Gasteiger partial charge >= 0.3 is 0 Å². The van der Waals surface area contributed by atoms with Crippen molar-refractivity contribution in [3.05, 3.63) is 92.3 Å². The number of halogens is 2. The van der Waals surface area contributed by atoms with Crippen molar-refractivity contribution in [3.8, 4) is 16.9 Å². The molecule has 1 aliphatic rings. The fourth-order valence-electron chi connectivity index (χ4n) is 4.98. The number of fused-ring (bicyclic) bond motifs is 1. The highest BCUT2D eigenvalue weighted by atomic mass is 35.5. The monoisotopic (exact) mass is 549 g/mol. The predicted molar refractivity (Wildman–Crippen MR) is 161 cm³/mol. The molecular formula is C30H30Cl2N3OP. The second-order valence-electron chi connectivity index (χ2n) is 10.5.